The number of nitrogens with zero attached hydrogens (tertiary/aromatic N) is 1. The smallest absolute Gasteiger partial charge is 0.150 e. The highest BCUT2D eigenvalue weighted by atomic mass is 19.1. The van der Waals surface area contributed by atoms with Gasteiger partial charge in [-0.1, -0.05) is 6.07 Å². The van der Waals surface area contributed by atoms with Crippen LogP contribution in [0.1, 0.15) is 10.4 Å². The number of carbonyl (C=O) groups is 1. The van der Waals surface area contributed by atoms with E-state index in [2.05, 4.69) is 4.98 Å². The van der Waals surface area contributed by atoms with Gasteiger partial charge in [0.1, 0.15) is 12.1 Å². The topological polar surface area (TPSA) is 30.0 Å². The molecule has 2 aromatic rings. The third-order valence-corrected chi connectivity index (χ3v) is 2.05. The molecular formula is C12H8FNO. The first-order valence-corrected chi connectivity index (χ1v) is 4.46. The minimum atomic E-state index is -0.418. The molecule has 0 saturated heterocycles. The van der Waals surface area contributed by atoms with Gasteiger partial charge >= 0.3 is 0 Å². The Balaban J connectivity index is 2.53. The quantitative estimate of drug-likeness (QED) is 0.699. The molecule has 1 aromatic heterocycles. The predicted octanol–water partition coefficient (Wildman–Crippen LogP) is 2.70. The van der Waals surface area contributed by atoms with Gasteiger partial charge in [0.2, 0.25) is 0 Å². The number of hydrogen-bond acceptors (Lipinski definition) is 2. The average molecular weight is 201 g/mol. The minimum Gasteiger partial charge on any atom is -0.298 e. The Morgan fingerprint density at radius 3 is 2.73 bits per heavy atom. The highest BCUT2D eigenvalue weighted by Crippen LogP contribution is 2.20. The number of pyridine rings is 1. The first kappa shape index (κ1) is 9.52. The molecule has 0 aliphatic rings. The van der Waals surface area contributed by atoms with Gasteiger partial charge in [-0.25, -0.2) is 4.39 Å². The van der Waals surface area contributed by atoms with Crippen molar-refractivity contribution in [3.63, 3.8) is 0 Å². The fourth-order valence-electron chi connectivity index (χ4n) is 1.38. The number of hydrogen-bond donors (Lipinski definition) is 0. The van der Waals surface area contributed by atoms with E-state index in [1.165, 1.54) is 12.1 Å². The molecule has 0 aliphatic carbocycles. The molecule has 0 fully saturated rings. The molecule has 0 atom stereocenters. The Morgan fingerprint density at radius 2 is 2.07 bits per heavy atom. The van der Waals surface area contributed by atoms with Crippen LogP contribution in [0, 0.1) is 5.82 Å². The Labute approximate surface area is 86.4 Å². The monoisotopic (exact) mass is 201 g/mol. The summed E-state index contributed by atoms with van der Waals surface area (Å²) in [5.74, 6) is -0.418. The fraction of sp³-hybridized carbons (Fsp3) is 0. The van der Waals surface area contributed by atoms with E-state index in [0.29, 0.717) is 17.4 Å². The standard InChI is InChI=1S/C12H8FNO/c13-12-5-9(8-15)4-11(6-12)10-2-1-3-14-7-10/h1-8H. The SMILES string of the molecule is O=Cc1cc(F)cc(-c2cccnc2)c1. The van der Waals surface area contributed by atoms with Crippen molar-refractivity contribution in [3.8, 4) is 11.1 Å². The van der Waals surface area contributed by atoms with Gasteiger partial charge in [-0.2, -0.15) is 0 Å². The Bertz CT molecular complexity index is 482. The molecule has 1 heterocycles. The number of rotatable bonds is 2. The third kappa shape index (κ3) is 2.07. The minimum absolute atomic E-state index is 0.328. The molecule has 1 aromatic carbocycles. The van der Waals surface area contributed by atoms with Crippen LogP contribution in [0.4, 0.5) is 4.39 Å². The van der Waals surface area contributed by atoms with Crippen molar-refractivity contribution in [1.29, 1.82) is 0 Å². The van der Waals surface area contributed by atoms with E-state index in [1.807, 2.05) is 6.07 Å². The lowest BCUT2D eigenvalue weighted by molar-refractivity contribution is 0.112. The highest BCUT2D eigenvalue weighted by molar-refractivity contribution is 5.78. The lowest BCUT2D eigenvalue weighted by Crippen LogP contribution is -1.86. The van der Waals surface area contributed by atoms with Gasteiger partial charge in [-0.05, 0) is 29.8 Å². The summed E-state index contributed by atoms with van der Waals surface area (Å²) in [6, 6.07) is 7.79. The first-order chi connectivity index (χ1) is 7.29. The molecule has 2 rings (SSSR count). The second-order valence-electron chi connectivity index (χ2n) is 3.13. The lowest BCUT2D eigenvalue weighted by atomic mass is 10.1. The normalized spacial score (nSPS) is 9.93. The van der Waals surface area contributed by atoms with Crippen molar-refractivity contribution >= 4 is 6.29 Å². The molecule has 0 bridgehead atoms. The van der Waals surface area contributed by atoms with Crippen LogP contribution in [-0.2, 0) is 0 Å². The van der Waals surface area contributed by atoms with Crippen molar-refractivity contribution in [1.82, 2.24) is 4.98 Å². The van der Waals surface area contributed by atoms with E-state index in [4.69, 9.17) is 0 Å². The van der Waals surface area contributed by atoms with Gasteiger partial charge < -0.3 is 0 Å². The first-order valence-electron chi connectivity index (χ1n) is 4.46. The van der Waals surface area contributed by atoms with Crippen LogP contribution in [0.25, 0.3) is 11.1 Å². The number of carbonyl (C=O) groups excluding carboxylic acids is 1. The van der Waals surface area contributed by atoms with Crippen molar-refractivity contribution in [3.05, 3.63) is 54.1 Å². The van der Waals surface area contributed by atoms with Crippen molar-refractivity contribution < 1.29 is 9.18 Å². The van der Waals surface area contributed by atoms with Gasteiger partial charge in [0.15, 0.2) is 0 Å². The van der Waals surface area contributed by atoms with Gasteiger partial charge in [-0.3, -0.25) is 9.78 Å². The van der Waals surface area contributed by atoms with Crippen molar-refractivity contribution in [2.75, 3.05) is 0 Å². The van der Waals surface area contributed by atoms with Gasteiger partial charge in [0.05, 0.1) is 0 Å². The Morgan fingerprint density at radius 1 is 1.20 bits per heavy atom. The van der Waals surface area contributed by atoms with Crippen LogP contribution in [0.3, 0.4) is 0 Å². The molecule has 74 valence electrons. The van der Waals surface area contributed by atoms with E-state index in [9.17, 15) is 9.18 Å². The van der Waals surface area contributed by atoms with Crippen molar-refractivity contribution in [2.45, 2.75) is 0 Å². The second kappa shape index (κ2) is 4.00. The zero-order valence-electron chi connectivity index (χ0n) is 7.85. The molecular weight excluding hydrogens is 193 g/mol. The van der Waals surface area contributed by atoms with Crippen molar-refractivity contribution in [2.24, 2.45) is 0 Å². The summed E-state index contributed by atoms with van der Waals surface area (Å²) in [6.45, 7) is 0. The Kier molecular flexibility index (Phi) is 2.54. The van der Waals surface area contributed by atoms with Crippen LogP contribution < -0.4 is 0 Å². The number of halogens is 1. The summed E-state index contributed by atoms with van der Waals surface area (Å²) >= 11 is 0. The molecule has 0 spiro atoms. The maximum absolute atomic E-state index is 13.1. The summed E-state index contributed by atoms with van der Waals surface area (Å²) in [7, 11) is 0. The predicted molar refractivity (Wildman–Crippen MR) is 55.0 cm³/mol. The molecule has 0 amide bonds. The number of benzene rings is 1. The van der Waals surface area contributed by atoms with E-state index in [1.54, 1.807) is 24.5 Å². The molecule has 2 nitrogen and oxygen atoms in total. The van der Waals surface area contributed by atoms with Gasteiger partial charge in [0, 0.05) is 23.5 Å². The molecule has 3 heteroatoms. The summed E-state index contributed by atoms with van der Waals surface area (Å²) in [5, 5.41) is 0. The summed E-state index contributed by atoms with van der Waals surface area (Å²) < 4.78 is 13.1. The number of aromatic nitrogens is 1. The number of aldehydes is 1. The fourth-order valence-corrected chi connectivity index (χ4v) is 1.38. The highest BCUT2D eigenvalue weighted by Gasteiger charge is 2.02. The van der Waals surface area contributed by atoms with E-state index < -0.39 is 5.82 Å². The molecule has 0 aliphatic heterocycles. The van der Waals surface area contributed by atoms with Crippen LogP contribution >= 0.6 is 0 Å². The molecule has 0 radical (unpaired) electrons. The lowest BCUT2D eigenvalue weighted by Gasteiger charge is -2.01. The molecule has 0 unspecified atom stereocenters. The maximum atomic E-state index is 13.1. The summed E-state index contributed by atoms with van der Waals surface area (Å²) in [6.07, 6.45) is 3.90. The summed E-state index contributed by atoms with van der Waals surface area (Å²) in [5.41, 5.74) is 1.78. The Hall–Kier alpha value is -2.03. The summed E-state index contributed by atoms with van der Waals surface area (Å²) in [4.78, 5) is 14.5. The largest absolute Gasteiger partial charge is 0.298 e. The van der Waals surface area contributed by atoms with Crippen LogP contribution in [0.5, 0.6) is 0 Å². The second-order valence-corrected chi connectivity index (χ2v) is 3.13. The van der Waals surface area contributed by atoms with E-state index in [-0.39, 0.29) is 0 Å². The average Bonchev–Trinajstić information content (AvgIpc) is 2.29. The van der Waals surface area contributed by atoms with Crippen LogP contribution in [0.15, 0.2) is 42.7 Å². The molecule has 0 saturated carbocycles. The maximum Gasteiger partial charge on any atom is 0.150 e. The molecule has 15 heavy (non-hydrogen) atoms. The zero-order chi connectivity index (χ0) is 10.7. The van der Waals surface area contributed by atoms with E-state index in [0.717, 1.165) is 5.56 Å². The molecule has 0 N–H and O–H groups in total. The van der Waals surface area contributed by atoms with E-state index >= 15 is 0 Å². The van der Waals surface area contributed by atoms with Gasteiger partial charge in [-0.15, -0.1) is 0 Å². The zero-order valence-corrected chi connectivity index (χ0v) is 7.85. The third-order valence-electron chi connectivity index (χ3n) is 2.05. The van der Waals surface area contributed by atoms with Crippen LogP contribution in [-0.4, -0.2) is 11.3 Å². The van der Waals surface area contributed by atoms with Crippen LogP contribution in [0.2, 0.25) is 0 Å². The van der Waals surface area contributed by atoms with Gasteiger partial charge in [0.25, 0.3) is 0 Å².